The maximum Gasteiger partial charge on any atom is 0.152 e. The van der Waals surface area contributed by atoms with Crippen LogP contribution in [0.4, 0.5) is 0 Å². The summed E-state index contributed by atoms with van der Waals surface area (Å²) >= 11 is 0. The van der Waals surface area contributed by atoms with Crippen LogP contribution >= 0.6 is 0 Å². The lowest BCUT2D eigenvalue weighted by Gasteiger charge is -2.38. The Morgan fingerprint density at radius 2 is 1.79 bits per heavy atom. The van der Waals surface area contributed by atoms with Crippen LogP contribution in [0.3, 0.4) is 0 Å². The summed E-state index contributed by atoms with van der Waals surface area (Å²) in [5.74, 6) is 0.895. The monoisotopic (exact) mass is 219 g/mol. The first-order chi connectivity index (χ1) is 6.36. The zero-order valence-electron chi connectivity index (χ0n) is 9.45. The molecule has 14 heavy (non-hydrogen) atoms. The summed E-state index contributed by atoms with van der Waals surface area (Å²) in [6, 6.07) is 0.128. The van der Waals surface area contributed by atoms with E-state index in [0.29, 0.717) is 5.92 Å². The second kappa shape index (κ2) is 4.19. The van der Waals surface area contributed by atoms with E-state index < -0.39 is 9.84 Å². The van der Waals surface area contributed by atoms with Crippen LogP contribution in [0.1, 0.15) is 26.7 Å². The summed E-state index contributed by atoms with van der Waals surface area (Å²) in [7, 11) is -1.07. The Morgan fingerprint density at radius 1 is 1.21 bits per heavy atom. The van der Waals surface area contributed by atoms with Gasteiger partial charge in [0.1, 0.15) is 0 Å². The quantitative estimate of drug-likeness (QED) is 0.755. The zero-order chi connectivity index (χ0) is 10.9. The molecule has 4 heteroatoms. The Morgan fingerprint density at radius 3 is 2.21 bits per heavy atom. The van der Waals surface area contributed by atoms with Crippen molar-refractivity contribution in [1.29, 1.82) is 0 Å². The molecule has 0 radical (unpaired) electrons. The Labute approximate surface area is 87.2 Å². The van der Waals surface area contributed by atoms with Crippen LogP contribution in [-0.4, -0.2) is 33.0 Å². The van der Waals surface area contributed by atoms with Gasteiger partial charge in [0.05, 0.1) is 5.25 Å². The largest absolute Gasteiger partial charge is 0.316 e. The van der Waals surface area contributed by atoms with Crippen LogP contribution in [0.15, 0.2) is 0 Å². The second-order valence-electron chi connectivity index (χ2n) is 4.74. The summed E-state index contributed by atoms with van der Waals surface area (Å²) in [5.41, 5.74) is 0. The van der Waals surface area contributed by atoms with Gasteiger partial charge in [-0.1, -0.05) is 13.8 Å². The average Bonchev–Trinajstić information content (AvgIpc) is 1.99. The van der Waals surface area contributed by atoms with Gasteiger partial charge in [-0.3, -0.25) is 0 Å². The standard InChI is InChI=1S/C10H21NO2S/c1-7-5-8(2)10(14(4,12)13)9(6-7)11-3/h7-11H,5-6H2,1-4H3. The molecule has 1 aliphatic rings. The first-order valence-electron chi connectivity index (χ1n) is 5.22. The Balaban J connectivity index is 2.90. The molecule has 0 heterocycles. The van der Waals surface area contributed by atoms with Gasteiger partial charge in [-0.15, -0.1) is 0 Å². The smallest absolute Gasteiger partial charge is 0.152 e. The summed E-state index contributed by atoms with van der Waals surface area (Å²) < 4.78 is 23.3. The van der Waals surface area contributed by atoms with E-state index in [9.17, 15) is 8.42 Å². The molecule has 0 bridgehead atoms. The summed E-state index contributed by atoms with van der Waals surface area (Å²) in [4.78, 5) is 0. The first-order valence-corrected chi connectivity index (χ1v) is 7.17. The topological polar surface area (TPSA) is 46.2 Å². The van der Waals surface area contributed by atoms with Crippen molar-refractivity contribution < 1.29 is 8.42 Å². The van der Waals surface area contributed by atoms with Crippen molar-refractivity contribution in [3.63, 3.8) is 0 Å². The molecule has 1 saturated carbocycles. The van der Waals surface area contributed by atoms with Crippen molar-refractivity contribution in [3.8, 4) is 0 Å². The van der Waals surface area contributed by atoms with Crippen LogP contribution in [0.5, 0.6) is 0 Å². The van der Waals surface area contributed by atoms with Gasteiger partial charge in [-0.05, 0) is 31.7 Å². The highest BCUT2D eigenvalue weighted by Crippen LogP contribution is 2.32. The van der Waals surface area contributed by atoms with Crippen molar-refractivity contribution in [1.82, 2.24) is 5.32 Å². The molecule has 0 amide bonds. The fraction of sp³-hybridized carbons (Fsp3) is 1.00. The van der Waals surface area contributed by atoms with Crippen molar-refractivity contribution in [2.45, 2.75) is 38.0 Å². The van der Waals surface area contributed by atoms with Gasteiger partial charge in [0.15, 0.2) is 9.84 Å². The lowest BCUT2D eigenvalue weighted by molar-refractivity contribution is 0.250. The summed E-state index contributed by atoms with van der Waals surface area (Å²) in [5, 5.41) is 2.94. The van der Waals surface area contributed by atoms with E-state index in [4.69, 9.17) is 0 Å². The highest BCUT2D eigenvalue weighted by molar-refractivity contribution is 7.91. The van der Waals surface area contributed by atoms with Gasteiger partial charge in [0, 0.05) is 12.3 Å². The lowest BCUT2D eigenvalue weighted by atomic mass is 9.80. The van der Waals surface area contributed by atoms with Gasteiger partial charge in [-0.25, -0.2) is 8.42 Å². The molecule has 1 aliphatic carbocycles. The Kier molecular flexibility index (Phi) is 3.58. The summed E-state index contributed by atoms with van der Waals surface area (Å²) in [6.45, 7) is 4.24. The SMILES string of the molecule is CNC1CC(C)CC(C)C1S(C)(=O)=O. The molecule has 0 spiro atoms. The van der Waals surface area contributed by atoms with E-state index in [-0.39, 0.29) is 17.2 Å². The molecule has 0 saturated heterocycles. The lowest BCUT2D eigenvalue weighted by Crippen LogP contribution is -2.50. The van der Waals surface area contributed by atoms with Gasteiger partial charge in [0.2, 0.25) is 0 Å². The minimum absolute atomic E-state index is 0.128. The minimum atomic E-state index is -2.92. The summed E-state index contributed by atoms with van der Waals surface area (Å²) in [6.07, 6.45) is 3.35. The van der Waals surface area contributed by atoms with Gasteiger partial charge >= 0.3 is 0 Å². The molecular weight excluding hydrogens is 198 g/mol. The zero-order valence-corrected chi connectivity index (χ0v) is 10.3. The minimum Gasteiger partial charge on any atom is -0.316 e. The van der Waals surface area contributed by atoms with Crippen molar-refractivity contribution in [2.75, 3.05) is 13.3 Å². The highest BCUT2D eigenvalue weighted by Gasteiger charge is 2.39. The molecular formula is C10H21NO2S. The Bertz CT molecular complexity index is 286. The second-order valence-corrected chi connectivity index (χ2v) is 6.95. The van der Waals surface area contributed by atoms with Crippen molar-refractivity contribution in [2.24, 2.45) is 11.8 Å². The van der Waals surface area contributed by atoms with Crippen LogP contribution in [0, 0.1) is 11.8 Å². The maximum atomic E-state index is 11.6. The first kappa shape index (κ1) is 12.0. The van der Waals surface area contributed by atoms with E-state index in [1.54, 1.807) is 0 Å². The predicted octanol–water partition coefficient (Wildman–Crippen LogP) is 1.05. The van der Waals surface area contributed by atoms with Crippen molar-refractivity contribution >= 4 is 9.84 Å². The van der Waals surface area contributed by atoms with Gasteiger partial charge < -0.3 is 5.32 Å². The van der Waals surface area contributed by atoms with E-state index in [0.717, 1.165) is 12.8 Å². The van der Waals surface area contributed by atoms with E-state index in [1.807, 2.05) is 14.0 Å². The normalized spacial score (nSPS) is 39.7. The third-order valence-corrected chi connectivity index (χ3v) is 5.03. The Hall–Kier alpha value is -0.0900. The van der Waals surface area contributed by atoms with Crippen molar-refractivity contribution in [3.05, 3.63) is 0 Å². The predicted molar refractivity (Wildman–Crippen MR) is 59.0 cm³/mol. The number of sulfone groups is 1. The molecule has 1 rings (SSSR count). The van der Waals surface area contributed by atoms with Gasteiger partial charge in [-0.2, -0.15) is 0 Å². The fourth-order valence-corrected chi connectivity index (χ4v) is 4.63. The van der Waals surface area contributed by atoms with Crippen LogP contribution in [0.25, 0.3) is 0 Å². The number of hydrogen-bond donors (Lipinski definition) is 1. The molecule has 0 aromatic carbocycles. The third-order valence-electron chi connectivity index (χ3n) is 3.25. The molecule has 4 atom stereocenters. The molecule has 0 aromatic heterocycles. The molecule has 1 N–H and O–H groups in total. The van der Waals surface area contributed by atoms with E-state index in [2.05, 4.69) is 12.2 Å². The van der Waals surface area contributed by atoms with E-state index >= 15 is 0 Å². The van der Waals surface area contributed by atoms with Crippen LogP contribution in [-0.2, 0) is 9.84 Å². The van der Waals surface area contributed by atoms with E-state index in [1.165, 1.54) is 6.26 Å². The number of nitrogens with one attached hydrogen (secondary N) is 1. The van der Waals surface area contributed by atoms with Gasteiger partial charge in [0.25, 0.3) is 0 Å². The highest BCUT2D eigenvalue weighted by atomic mass is 32.2. The fourth-order valence-electron chi connectivity index (χ4n) is 2.83. The van der Waals surface area contributed by atoms with Crippen LogP contribution in [0.2, 0.25) is 0 Å². The number of rotatable bonds is 2. The number of hydrogen-bond acceptors (Lipinski definition) is 3. The molecule has 0 aromatic rings. The van der Waals surface area contributed by atoms with Crippen LogP contribution < -0.4 is 5.32 Å². The molecule has 3 nitrogen and oxygen atoms in total. The average molecular weight is 219 g/mol. The molecule has 0 aliphatic heterocycles. The maximum absolute atomic E-state index is 11.6. The third kappa shape index (κ3) is 2.48. The molecule has 1 fully saturated rings. The molecule has 4 unspecified atom stereocenters. The molecule has 84 valence electrons.